The van der Waals surface area contributed by atoms with Crippen LogP contribution < -0.4 is 4.74 Å². The van der Waals surface area contributed by atoms with E-state index in [0.717, 1.165) is 23.1 Å². The van der Waals surface area contributed by atoms with E-state index < -0.39 is 0 Å². The predicted molar refractivity (Wildman–Crippen MR) is 76.1 cm³/mol. The Morgan fingerprint density at radius 1 is 1.05 bits per heavy atom. The number of nitrogens with zero attached hydrogens (tertiary/aromatic N) is 1. The monoisotopic (exact) mass is 257 g/mol. The largest absolute Gasteiger partial charge is 0.478 e. The summed E-state index contributed by atoms with van der Waals surface area (Å²) in [5.41, 5.74) is 3.08. The highest BCUT2D eigenvalue weighted by molar-refractivity contribution is 5.63. The van der Waals surface area contributed by atoms with Gasteiger partial charge in [0.15, 0.2) is 0 Å². The zero-order valence-electron chi connectivity index (χ0n) is 11.3. The van der Waals surface area contributed by atoms with Crippen LogP contribution in [0.5, 0.6) is 5.88 Å². The third-order valence-electron chi connectivity index (χ3n) is 3.04. The number of aliphatic hydroxyl groups is 1. The quantitative estimate of drug-likeness (QED) is 0.890. The van der Waals surface area contributed by atoms with Gasteiger partial charge in [-0.25, -0.2) is 4.98 Å². The van der Waals surface area contributed by atoms with Gasteiger partial charge in [0, 0.05) is 17.8 Å². The molecule has 0 aliphatic rings. The molecule has 0 spiro atoms. The van der Waals surface area contributed by atoms with E-state index in [1.807, 2.05) is 50.2 Å². The Hall–Kier alpha value is -1.87. The maximum absolute atomic E-state index is 9.76. The number of aliphatic hydroxyl groups excluding tert-OH is 1. The molecule has 2 aromatic rings. The third kappa shape index (κ3) is 3.32. The minimum absolute atomic E-state index is 0.382. The van der Waals surface area contributed by atoms with Crippen LogP contribution >= 0.6 is 0 Å². The average molecular weight is 257 g/mol. The summed E-state index contributed by atoms with van der Waals surface area (Å²) in [6, 6.07) is 11.8. The number of benzene rings is 1. The molecule has 0 saturated carbocycles. The fourth-order valence-electron chi connectivity index (χ4n) is 1.92. The Labute approximate surface area is 113 Å². The first-order valence-corrected chi connectivity index (χ1v) is 6.61. The first-order chi connectivity index (χ1) is 9.24. The topological polar surface area (TPSA) is 42.4 Å². The normalized spacial score (nSPS) is 12.2. The van der Waals surface area contributed by atoms with E-state index in [2.05, 4.69) is 4.98 Å². The second-order valence-electron chi connectivity index (χ2n) is 4.36. The number of hydrogen-bond acceptors (Lipinski definition) is 3. The fraction of sp³-hybridized carbons (Fsp3) is 0.312. The van der Waals surface area contributed by atoms with Crippen LogP contribution in [0.1, 0.15) is 31.9 Å². The van der Waals surface area contributed by atoms with Gasteiger partial charge >= 0.3 is 0 Å². The maximum Gasteiger partial charge on any atom is 0.213 e. The highest BCUT2D eigenvalue weighted by Gasteiger charge is 2.05. The van der Waals surface area contributed by atoms with E-state index in [4.69, 9.17) is 4.74 Å². The van der Waals surface area contributed by atoms with Crippen molar-refractivity contribution in [1.29, 1.82) is 0 Å². The second-order valence-corrected chi connectivity index (χ2v) is 4.36. The van der Waals surface area contributed by atoms with E-state index in [0.29, 0.717) is 12.5 Å². The summed E-state index contributed by atoms with van der Waals surface area (Å²) in [6.07, 6.45) is 2.15. The Morgan fingerprint density at radius 3 is 2.26 bits per heavy atom. The van der Waals surface area contributed by atoms with Crippen molar-refractivity contribution in [2.75, 3.05) is 6.61 Å². The van der Waals surface area contributed by atoms with Crippen molar-refractivity contribution in [3.05, 3.63) is 48.2 Å². The lowest BCUT2D eigenvalue weighted by Crippen LogP contribution is -1.95. The Morgan fingerprint density at radius 2 is 1.74 bits per heavy atom. The molecule has 0 aliphatic carbocycles. The summed E-state index contributed by atoms with van der Waals surface area (Å²) in [5.74, 6) is 0.643. The maximum atomic E-state index is 9.76. The van der Waals surface area contributed by atoms with Gasteiger partial charge < -0.3 is 9.84 Å². The minimum atomic E-state index is -0.382. The molecule has 0 radical (unpaired) electrons. The summed E-state index contributed by atoms with van der Waals surface area (Å²) in [7, 11) is 0. The SMILES string of the molecule is CCOc1ccc(-c2ccc(C(O)CC)cc2)cn1. The second kappa shape index (κ2) is 6.34. The van der Waals surface area contributed by atoms with Crippen LogP contribution in [-0.4, -0.2) is 16.7 Å². The Kier molecular flexibility index (Phi) is 4.53. The molecule has 1 aromatic carbocycles. The molecule has 1 N–H and O–H groups in total. The van der Waals surface area contributed by atoms with Crippen LogP contribution in [0.4, 0.5) is 0 Å². The lowest BCUT2D eigenvalue weighted by Gasteiger charge is -2.09. The van der Waals surface area contributed by atoms with Gasteiger partial charge in [0.1, 0.15) is 0 Å². The van der Waals surface area contributed by atoms with Crippen LogP contribution in [-0.2, 0) is 0 Å². The van der Waals surface area contributed by atoms with E-state index in [1.54, 1.807) is 6.20 Å². The van der Waals surface area contributed by atoms with Crippen molar-refractivity contribution >= 4 is 0 Å². The van der Waals surface area contributed by atoms with E-state index >= 15 is 0 Å². The molecule has 1 heterocycles. The first-order valence-electron chi connectivity index (χ1n) is 6.61. The van der Waals surface area contributed by atoms with Gasteiger partial charge in [0.25, 0.3) is 0 Å². The molecule has 100 valence electrons. The van der Waals surface area contributed by atoms with Gasteiger partial charge in [-0.2, -0.15) is 0 Å². The lowest BCUT2D eigenvalue weighted by atomic mass is 10.0. The third-order valence-corrected chi connectivity index (χ3v) is 3.04. The van der Waals surface area contributed by atoms with Gasteiger partial charge in [0.2, 0.25) is 5.88 Å². The van der Waals surface area contributed by atoms with Gasteiger partial charge in [-0.05, 0) is 30.5 Å². The molecule has 3 nitrogen and oxygen atoms in total. The number of aromatic nitrogens is 1. The highest BCUT2D eigenvalue weighted by atomic mass is 16.5. The smallest absolute Gasteiger partial charge is 0.213 e. The standard InChI is InChI=1S/C16H19NO2/c1-3-15(18)13-7-5-12(6-8-13)14-9-10-16(17-11-14)19-4-2/h5-11,15,18H,3-4H2,1-2H3. The van der Waals surface area contributed by atoms with Crippen LogP contribution in [0.15, 0.2) is 42.6 Å². The van der Waals surface area contributed by atoms with Gasteiger partial charge in [-0.1, -0.05) is 31.2 Å². The van der Waals surface area contributed by atoms with Crippen LogP contribution in [0, 0.1) is 0 Å². The van der Waals surface area contributed by atoms with Crippen molar-refractivity contribution in [1.82, 2.24) is 4.98 Å². The van der Waals surface area contributed by atoms with Crippen molar-refractivity contribution < 1.29 is 9.84 Å². The summed E-state index contributed by atoms with van der Waals surface area (Å²) < 4.78 is 5.32. The zero-order valence-corrected chi connectivity index (χ0v) is 11.3. The molecule has 19 heavy (non-hydrogen) atoms. The summed E-state index contributed by atoms with van der Waals surface area (Å²) in [4.78, 5) is 4.25. The summed E-state index contributed by atoms with van der Waals surface area (Å²) in [6.45, 7) is 4.53. The molecule has 2 rings (SSSR count). The van der Waals surface area contributed by atoms with Gasteiger partial charge in [-0.15, -0.1) is 0 Å². The first kappa shape index (κ1) is 13.6. The number of pyridine rings is 1. The van der Waals surface area contributed by atoms with Crippen molar-refractivity contribution in [2.45, 2.75) is 26.4 Å². The van der Waals surface area contributed by atoms with Gasteiger partial charge in [-0.3, -0.25) is 0 Å². The molecular weight excluding hydrogens is 238 g/mol. The van der Waals surface area contributed by atoms with Crippen LogP contribution in [0.2, 0.25) is 0 Å². The van der Waals surface area contributed by atoms with Crippen molar-refractivity contribution in [3.63, 3.8) is 0 Å². The molecular formula is C16H19NO2. The zero-order chi connectivity index (χ0) is 13.7. The minimum Gasteiger partial charge on any atom is -0.478 e. The van der Waals surface area contributed by atoms with Crippen LogP contribution in [0.25, 0.3) is 11.1 Å². The fourth-order valence-corrected chi connectivity index (χ4v) is 1.92. The summed E-state index contributed by atoms with van der Waals surface area (Å²) >= 11 is 0. The Balaban J connectivity index is 2.17. The van der Waals surface area contributed by atoms with Crippen molar-refractivity contribution in [3.8, 4) is 17.0 Å². The molecule has 0 fully saturated rings. The molecule has 0 saturated heterocycles. The molecule has 1 unspecified atom stereocenters. The van der Waals surface area contributed by atoms with E-state index in [1.165, 1.54) is 0 Å². The van der Waals surface area contributed by atoms with Crippen LogP contribution in [0.3, 0.4) is 0 Å². The molecule has 0 amide bonds. The average Bonchev–Trinajstić information content (AvgIpc) is 2.48. The highest BCUT2D eigenvalue weighted by Crippen LogP contribution is 2.23. The molecule has 1 aromatic heterocycles. The van der Waals surface area contributed by atoms with Gasteiger partial charge in [0.05, 0.1) is 12.7 Å². The number of rotatable bonds is 5. The van der Waals surface area contributed by atoms with E-state index in [9.17, 15) is 5.11 Å². The van der Waals surface area contributed by atoms with Crippen molar-refractivity contribution in [2.24, 2.45) is 0 Å². The molecule has 1 atom stereocenters. The molecule has 0 bridgehead atoms. The lowest BCUT2D eigenvalue weighted by molar-refractivity contribution is 0.173. The number of ether oxygens (including phenoxy) is 1. The molecule has 3 heteroatoms. The Bertz CT molecular complexity index is 505. The summed E-state index contributed by atoms with van der Waals surface area (Å²) in [5, 5.41) is 9.76. The predicted octanol–water partition coefficient (Wildman–Crippen LogP) is 3.59. The number of hydrogen-bond donors (Lipinski definition) is 1. The van der Waals surface area contributed by atoms with E-state index in [-0.39, 0.29) is 6.10 Å². The molecule has 0 aliphatic heterocycles.